The van der Waals surface area contributed by atoms with E-state index >= 15 is 0 Å². The fourth-order valence-corrected chi connectivity index (χ4v) is 3.25. The highest BCUT2D eigenvalue weighted by atomic mass is 32.2. The Kier molecular flexibility index (Phi) is 7.48. The molecule has 1 N–H and O–H groups in total. The van der Waals surface area contributed by atoms with E-state index in [0.717, 1.165) is 6.04 Å². The number of benzene rings is 1. The lowest BCUT2D eigenvalue weighted by atomic mass is 10.0. The van der Waals surface area contributed by atoms with Crippen LogP contribution in [-0.2, 0) is 6.42 Å². The SMILES string of the molecule is CSCCCNC1CCN(CCc2ccccc2)CC1. The second-order valence-corrected chi connectivity index (χ2v) is 6.64. The van der Waals surface area contributed by atoms with E-state index in [0.29, 0.717) is 0 Å². The minimum absolute atomic E-state index is 0.754. The zero-order valence-electron chi connectivity index (χ0n) is 12.7. The van der Waals surface area contributed by atoms with E-state index < -0.39 is 0 Å². The first-order chi connectivity index (χ1) is 9.88. The minimum Gasteiger partial charge on any atom is -0.314 e. The Labute approximate surface area is 128 Å². The molecule has 0 aliphatic carbocycles. The van der Waals surface area contributed by atoms with Crippen LogP contribution < -0.4 is 5.32 Å². The van der Waals surface area contributed by atoms with Gasteiger partial charge in [-0.05, 0) is 62.9 Å². The highest BCUT2D eigenvalue weighted by Gasteiger charge is 2.17. The van der Waals surface area contributed by atoms with Crippen molar-refractivity contribution in [1.29, 1.82) is 0 Å². The summed E-state index contributed by atoms with van der Waals surface area (Å²) in [5.74, 6) is 1.28. The summed E-state index contributed by atoms with van der Waals surface area (Å²) < 4.78 is 0. The Morgan fingerprint density at radius 1 is 1.20 bits per heavy atom. The molecule has 0 amide bonds. The molecular formula is C17H28N2S. The van der Waals surface area contributed by atoms with Crippen LogP contribution in [0.3, 0.4) is 0 Å². The van der Waals surface area contributed by atoms with Gasteiger partial charge in [0.15, 0.2) is 0 Å². The van der Waals surface area contributed by atoms with Crippen molar-refractivity contribution in [3.05, 3.63) is 35.9 Å². The lowest BCUT2D eigenvalue weighted by Crippen LogP contribution is -2.43. The molecule has 0 atom stereocenters. The van der Waals surface area contributed by atoms with Crippen molar-refractivity contribution >= 4 is 11.8 Å². The molecule has 3 heteroatoms. The van der Waals surface area contributed by atoms with Gasteiger partial charge < -0.3 is 10.2 Å². The molecule has 0 aromatic heterocycles. The summed E-state index contributed by atoms with van der Waals surface area (Å²) in [6, 6.07) is 11.6. The van der Waals surface area contributed by atoms with E-state index in [4.69, 9.17) is 0 Å². The summed E-state index contributed by atoms with van der Waals surface area (Å²) in [6.07, 6.45) is 7.30. The van der Waals surface area contributed by atoms with Crippen LogP contribution in [-0.4, -0.2) is 49.1 Å². The summed E-state index contributed by atoms with van der Waals surface area (Å²) in [5, 5.41) is 3.71. The number of nitrogens with one attached hydrogen (secondary N) is 1. The Hall–Kier alpha value is -0.510. The molecule has 0 bridgehead atoms. The van der Waals surface area contributed by atoms with Gasteiger partial charge in [-0.15, -0.1) is 0 Å². The monoisotopic (exact) mass is 292 g/mol. The summed E-state index contributed by atoms with van der Waals surface area (Å²) in [6.45, 7) is 4.92. The molecule has 1 aromatic rings. The van der Waals surface area contributed by atoms with Crippen LogP contribution in [0.5, 0.6) is 0 Å². The van der Waals surface area contributed by atoms with Crippen molar-refractivity contribution < 1.29 is 0 Å². The Balaban J connectivity index is 1.57. The maximum Gasteiger partial charge on any atom is 0.00914 e. The van der Waals surface area contributed by atoms with Gasteiger partial charge in [0, 0.05) is 12.6 Å². The predicted molar refractivity (Wildman–Crippen MR) is 90.6 cm³/mol. The molecule has 2 rings (SSSR count). The molecule has 0 saturated carbocycles. The normalized spacial score (nSPS) is 17.4. The van der Waals surface area contributed by atoms with Crippen LogP contribution in [0.1, 0.15) is 24.8 Å². The molecule has 1 aliphatic rings. The third-order valence-corrected chi connectivity index (χ3v) is 4.80. The van der Waals surface area contributed by atoms with Gasteiger partial charge in [0.2, 0.25) is 0 Å². The molecule has 0 unspecified atom stereocenters. The molecule has 1 aromatic carbocycles. The highest BCUT2D eigenvalue weighted by molar-refractivity contribution is 7.98. The van der Waals surface area contributed by atoms with E-state index in [1.54, 1.807) is 0 Å². The molecule has 0 radical (unpaired) electrons. The first-order valence-electron chi connectivity index (χ1n) is 7.87. The first-order valence-corrected chi connectivity index (χ1v) is 9.26. The summed E-state index contributed by atoms with van der Waals surface area (Å²) in [4.78, 5) is 2.62. The number of rotatable bonds is 8. The lowest BCUT2D eigenvalue weighted by molar-refractivity contribution is 0.200. The van der Waals surface area contributed by atoms with Gasteiger partial charge in [0.25, 0.3) is 0 Å². The van der Waals surface area contributed by atoms with Gasteiger partial charge in [0.05, 0.1) is 0 Å². The van der Waals surface area contributed by atoms with Crippen molar-refractivity contribution in [3.8, 4) is 0 Å². The Bertz CT molecular complexity index is 347. The van der Waals surface area contributed by atoms with Crippen LogP contribution in [0.15, 0.2) is 30.3 Å². The number of hydrogen-bond acceptors (Lipinski definition) is 3. The van der Waals surface area contributed by atoms with Crippen LogP contribution in [0.4, 0.5) is 0 Å². The van der Waals surface area contributed by atoms with E-state index in [1.807, 2.05) is 11.8 Å². The summed E-state index contributed by atoms with van der Waals surface area (Å²) in [5.41, 5.74) is 1.46. The fraction of sp³-hybridized carbons (Fsp3) is 0.647. The fourth-order valence-electron chi connectivity index (χ4n) is 2.82. The molecule has 1 saturated heterocycles. The largest absolute Gasteiger partial charge is 0.314 e. The van der Waals surface area contributed by atoms with Gasteiger partial charge in [-0.1, -0.05) is 30.3 Å². The average molecular weight is 292 g/mol. The van der Waals surface area contributed by atoms with E-state index in [2.05, 4.69) is 46.8 Å². The maximum atomic E-state index is 3.71. The van der Waals surface area contributed by atoms with Gasteiger partial charge >= 0.3 is 0 Å². The zero-order valence-corrected chi connectivity index (χ0v) is 13.5. The number of likely N-dealkylation sites (tertiary alicyclic amines) is 1. The van der Waals surface area contributed by atoms with Crippen molar-refractivity contribution in [1.82, 2.24) is 10.2 Å². The molecular weight excluding hydrogens is 264 g/mol. The zero-order chi connectivity index (χ0) is 14.0. The Morgan fingerprint density at radius 3 is 2.65 bits per heavy atom. The Morgan fingerprint density at radius 2 is 1.95 bits per heavy atom. The summed E-state index contributed by atoms with van der Waals surface area (Å²) in [7, 11) is 0. The van der Waals surface area contributed by atoms with E-state index in [-0.39, 0.29) is 0 Å². The average Bonchev–Trinajstić information content (AvgIpc) is 2.52. The number of piperidine rings is 1. The summed E-state index contributed by atoms with van der Waals surface area (Å²) >= 11 is 1.94. The smallest absolute Gasteiger partial charge is 0.00914 e. The second-order valence-electron chi connectivity index (χ2n) is 5.65. The second kappa shape index (κ2) is 9.43. The van der Waals surface area contributed by atoms with Gasteiger partial charge in [0.1, 0.15) is 0 Å². The van der Waals surface area contributed by atoms with Crippen LogP contribution in [0, 0.1) is 0 Å². The molecule has 1 heterocycles. The molecule has 1 fully saturated rings. The number of hydrogen-bond donors (Lipinski definition) is 1. The molecule has 20 heavy (non-hydrogen) atoms. The van der Waals surface area contributed by atoms with Gasteiger partial charge in [-0.2, -0.15) is 11.8 Å². The quantitative estimate of drug-likeness (QED) is 0.742. The lowest BCUT2D eigenvalue weighted by Gasteiger charge is -2.32. The number of thioether (sulfide) groups is 1. The maximum absolute atomic E-state index is 3.71. The van der Waals surface area contributed by atoms with Gasteiger partial charge in [-0.25, -0.2) is 0 Å². The molecule has 1 aliphatic heterocycles. The van der Waals surface area contributed by atoms with Crippen molar-refractivity contribution in [2.45, 2.75) is 31.7 Å². The minimum atomic E-state index is 0.754. The van der Waals surface area contributed by atoms with Crippen molar-refractivity contribution in [2.75, 3.05) is 38.2 Å². The van der Waals surface area contributed by atoms with Crippen molar-refractivity contribution in [3.63, 3.8) is 0 Å². The third-order valence-electron chi connectivity index (χ3n) is 4.11. The third kappa shape index (κ3) is 5.86. The molecule has 112 valence electrons. The molecule has 0 spiro atoms. The van der Waals surface area contributed by atoms with Crippen LogP contribution >= 0.6 is 11.8 Å². The van der Waals surface area contributed by atoms with E-state index in [1.165, 1.54) is 63.2 Å². The number of nitrogens with zero attached hydrogens (tertiary/aromatic N) is 1. The van der Waals surface area contributed by atoms with Gasteiger partial charge in [-0.3, -0.25) is 0 Å². The standard InChI is InChI=1S/C17H28N2S/c1-20-15-5-11-18-17-9-13-19(14-10-17)12-8-16-6-3-2-4-7-16/h2-4,6-7,17-18H,5,8-15H2,1H3. The highest BCUT2D eigenvalue weighted by Crippen LogP contribution is 2.11. The van der Waals surface area contributed by atoms with Crippen LogP contribution in [0.2, 0.25) is 0 Å². The molecule has 2 nitrogen and oxygen atoms in total. The van der Waals surface area contributed by atoms with E-state index in [9.17, 15) is 0 Å². The van der Waals surface area contributed by atoms with Crippen molar-refractivity contribution in [2.24, 2.45) is 0 Å². The topological polar surface area (TPSA) is 15.3 Å². The first kappa shape index (κ1) is 15.9. The predicted octanol–water partition coefficient (Wildman–Crippen LogP) is 3.04. The van der Waals surface area contributed by atoms with Crippen LogP contribution in [0.25, 0.3) is 0 Å².